The summed E-state index contributed by atoms with van der Waals surface area (Å²) in [5.74, 6) is 0.404. The smallest absolute Gasteiger partial charge is 0.255 e. The summed E-state index contributed by atoms with van der Waals surface area (Å²) < 4.78 is 5.82. The fourth-order valence-corrected chi connectivity index (χ4v) is 2.72. The molecule has 0 fully saturated rings. The van der Waals surface area contributed by atoms with Gasteiger partial charge in [-0.25, -0.2) is 0 Å². The molecule has 4 nitrogen and oxygen atoms in total. The van der Waals surface area contributed by atoms with Gasteiger partial charge >= 0.3 is 0 Å². The van der Waals surface area contributed by atoms with Crippen LogP contribution in [0.2, 0.25) is 0 Å². The van der Waals surface area contributed by atoms with Crippen molar-refractivity contribution in [1.82, 2.24) is 0 Å². The van der Waals surface area contributed by atoms with Crippen molar-refractivity contribution in [3.05, 3.63) is 59.2 Å². The van der Waals surface area contributed by atoms with Crippen LogP contribution in [0.1, 0.15) is 46.5 Å². The highest BCUT2D eigenvalue weighted by Gasteiger charge is 2.32. The van der Waals surface area contributed by atoms with Gasteiger partial charge in [0, 0.05) is 11.3 Å². The van der Waals surface area contributed by atoms with Crippen LogP contribution in [0.3, 0.4) is 0 Å². The van der Waals surface area contributed by atoms with E-state index in [1.54, 1.807) is 24.3 Å². The van der Waals surface area contributed by atoms with E-state index in [2.05, 4.69) is 5.32 Å². The highest BCUT2D eigenvalue weighted by molar-refractivity contribution is 6.06. The van der Waals surface area contributed by atoms with E-state index in [9.17, 15) is 9.59 Å². The van der Waals surface area contributed by atoms with Crippen molar-refractivity contribution in [2.75, 3.05) is 5.32 Å². The summed E-state index contributed by atoms with van der Waals surface area (Å²) in [6.45, 7) is 5.72. The molecule has 0 aromatic heterocycles. The highest BCUT2D eigenvalue weighted by Crippen LogP contribution is 2.34. The van der Waals surface area contributed by atoms with Gasteiger partial charge in [0.25, 0.3) is 5.91 Å². The molecule has 1 aliphatic heterocycles. The molecule has 0 atom stereocenters. The quantitative estimate of drug-likeness (QED) is 0.912. The Bertz CT molecular complexity index is 793. The third-order valence-electron chi connectivity index (χ3n) is 3.79. The van der Waals surface area contributed by atoms with Gasteiger partial charge in [-0.3, -0.25) is 9.59 Å². The maximum absolute atomic E-state index is 12.3. The van der Waals surface area contributed by atoms with E-state index < -0.39 is 5.60 Å². The Morgan fingerprint density at radius 2 is 1.96 bits per heavy atom. The van der Waals surface area contributed by atoms with Crippen molar-refractivity contribution >= 4 is 17.4 Å². The number of Topliss-reactive ketones (excluding diaryl/α,β-unsaturated/α-hetero) is 1. The summed E-state index contributed by atoms with van der Waals surface area (Å²) in [6, 6.07) is 12.5. The fourth-order valence-electron chi connectivity index (χ4n) is 2.72. The number of rotatable bonds is 2. The number of carbonyl (C=O) groups excluding carboxylic acids is 2. The third kappa shape index (κ3) is 3.26. The molecule has 0 aliphatic carbocycles. The number of benzene rings is 2. The summed E-state index contributed by atoms with van der Waals surface area (Å²) in [7, 11) is 0. The lowest BCUT2D eigenvalue weighted by molar-refractivity contribution is 0.0620. The lowest BCUT2D eigenvalue weighted by atomic mass is 9.93. The SMILES string of the molecule is Cc1cccc(C(=O)Nc2ccc3c(c2)C(=O)CC(C)(C)O3)c1. The van der Waals surface area contributed by atoms with E-state index in [1.165, 1.54) is 0 Å². The molecule has 23 heavy (non-hydrogen) atoms. The van der Waals surface area contributed by atoms with Gasteiger partial charge in [-0.1, -0.05) is 17.7 Å². The first kappa shape index (κ1) is 15.3. The number of amides is 1. The molecule has 0 bridgehead atoms. The van der Waals surface area contributed by atoms with Crippen LogP contribution in [0.25, 0.3) is 0 Å². The van der Waals surface area contributed by atoms with E-state index in [0.717, 1.165) is 5.56 Å². The van der Waals surface area contributed by atoms with Gasteiger partial charge in [-0.2, -0.15) is 0 Å². The standard InChI is InChI=1S/C19H19NO3/c1-12-5-4-6-13(9-12)18(22)20-14-7-8-17-15(10-14)16(21)11-19(2,3)23-17/h4-10H,11H2,1-3H3,(H,20,22). The van der Waals surface area contributed by atoms with Crippen LogP contribution in [0.5, 0.6) is 5.75 Å². The Labute approximate surface area is 135 Å². The Kier molecular flexibility index (Phi) is 3.68. The van der Waals surface area contributed by atoms with E-state index in [4.69, 9.17) is 4.74 Å². The van der Waals surface area contributed by atoms with Gasteiger partial charge in [0.15, 0.2) is 5.78 Å². The van der Waals surface area contributed by atoms with Gasteiger partial charge in [-0.15, -0.1) is 0 Å². The predicted molar refractivity (Wildman–Crippen MR) is 89.2 cm³/mol. The molecule has 0 spiro atoms. The van der Waals surface area contributed by atoms with Crippen LogP contribution in [0.4, 0.5) is 5.69 Å². The summed E-state index contributed by atoms with van der Waals surface area (Å²) in [4.78, 5) is 24.6. The first-order valence-electron chi connectivity index (χ1n) is 7.58. The maximum Gasteiger partial charge on any atom is 0.255 e. The molecule has 0 saturated carbocycles. The van der Waals surface area contributed by atoms with Crippen molar-refractivity contribution < 1.29 is 14.3 Å². The summed E-state index contributed by atoms with van der Waals surface area (Å²) >= 11 is 0. The molecule has 2 aromatic carbocycles. The molecule has 0 unspecified atom stereocenters. The van der Waals surface area contributed by atoms with Gasteiger partial charge in [-0.05, 0) is 51.1 Å². The van der Waals surface area contributed by atoms with E-state index in [0.29, 0.717) is 29.0 Å². The van der Waals surface area contributed by atoms with Gasteiger partial charge in [0.2, 0.25) is 0 Å². The van der Waals surface area contributed by atoms with Crippen LogP contribution in [-0.2, 0) is 0 Å². The monoisotopic (exact) mass is 309 g/mol. The number of aryl methyl sites for hydroxylation is 1. The average molecular weight is 309 g/mol. The number of ether oxygens (including phenoxy) is 1. The topological polar surface area (TPSA) is 55.4 Å². The second-order valence-corrected chi connectivity index (χ2v) is 6.50. The van der Waals surface area contributed by atoms with Gasteiger partial charge in [0.05, 0.1) is 12.0 Å². The molecule has 3 rings (SSSR count). The minimum Gasteiger partial charge on any atom is -0.487 e. The minimum absolute atomic E-state index is 0.0305. The van der Waals surface area contributed by atoms with Crippen molar-refractivity contribution in [3.63, 3.8) is 0 Å². The normalized spacial score (nSPS) is 15.5. The number of carbonyl (C=O) groups is 2. The van der Waals surface area contributed by atoms with Crippen molar-refractivity contribution in [1.29, 1.82) is 0 Å². The van der Waals surface area contributed by atoms with E-state index in [1.807, 2.05) is 39.0 Å². The lowest BCUT2D eigenvalue weighted by Crippen LogP contribution is -2.35. The van der Waals surface area contributed by atoms with Crippen LogP contribution in [0.15, 0.2) is 42.5 Å². The second-order valence-electron chi connectivity index (χ2n) is 6.50. The molecule has 1 heterocycles. The number of fused-ring (bicyclic) bond motifs is 1. The minimum atomic E-state index is -0.490. The lowest BCUT2D eigenvalue weighted by Gasteiger charge is -2.31. The number of anilines is 1. The van der Waals surface area contributed by atoms with Crippen molar-refractivity contribution in [2.45, 2.75) is 32.8 Å². The van der Waals surface area contributed by atoms with E-state index >= 15 is 0 Å². The number of ketones is 1. The molecule has 0 radical (unpaired) electrons. The predicted octanol–water partition coefficient (Wildman–Crippen LogP) is 3.99. The van der Waals surface area contributed by atoms with Crippen LogP contribution < -0.4 is 10.1 Å². The van der Waals surface area contributed by atoms with E-state index in [-0.39, 0.29) is 11.7 Å². The Morgan fingerprint density at radius 1 is 1.17 bits per heavy atom. The van der Waals surface area contributed by atoms with Crippen LogP contribution in [0, 0.1) is 6.92 Å². The number of nitrogens with one attached hydrogen (secondary N) is 1. The first-order valence-corrected chi connectivity index (χ1v) is 7.58. The third-order valence-corrected chi connectivity index (χ3v) is 3.79. The highest BCUT2D eigenvalue weighted by atomic mass is 16.5. The zero-order valence-electron chi connectivity index (χ0n) is 13.5. The Balaban J connectivity index is 1.84. The molecule has 0 saturated heterocycles. The molecule has 1 aliphatic rings. The Hall–Kier alpha value is -2.62. The fraction of sp³-hybridized carbons (Fsp3) is 0.263. The van der Waals surface area contributed by atoms with Gasteiger partial charge < -0.3 is 10.1 Å². The average Bonchev–Trinajstić information content (AvgIpc) is 2.47. The summed E-state index contributed by atoms with van der Waals surface area (Å²) in [5.41, 5.74) is 2.23. The largest absolute Gasteiger partial charge is 0.487 e. The molecule has 1 amide bonds. The zero-order valence-corrected chi connectivity index (χ0v) is 13.5. The molecule has 1 N–H and O–H groups in total. The maximum atomic E-state index is 12.3. The van der Waals surface area contributed by atoms with Crippen molar-refractivity contribution in [3.8, 4) is 5.75 Å². The van der Waals surface area contributed by atoms with Crippen LogP contribution >= 0.6 is 0 Å². The van der Waals surface area contributed by atoms with Crippen molar-refractivity contribution in [2.24, 2.45) is 0 Å². The number of hydrogen-bond donors (Lipinski definition) is 1. The molecule has 2 aromatic rings. The molecular weight excluding hydrogens is 290 g/mol. The van der Waals surface area contributed by atoms with Crippen LogP contribution in [-0.4, -0.2) is 17.3 Å². The molecule has 118 valence electrons. The second kappa shape index (κ2) is 5.54. The molecule has 4 heteroatoms. The molecular formula is C19H19NO3. The number of hydrogen-bond acceptors (Lipinski definition) is 3. The summed E-state index contributed by atoms with van der Waals surface area (Å²) in [5, 5.41) is 2.83. The zero-order chi connectivity index (χ0) is 16.6. The summed E-state index contributed by atoms with van der Waals surface area (Å²) in [6.07, 6.45) is 0.329. The Morgan fingerprint density at radius 3 is 2.70 bits per heavy atom. The van der Waals surface area contributed by atoms with Gasteiger partial charge in [0.1, 0.15) is 11.4 Å². The first-order chi connectivity index (χ1) is 10.8.